The van der Waals surface area contributed by atoms with Gasteiger partial charge in [-0.15, -0.1) is 0 Å². The molecule has 20 rings (SSSR count). The topological polar surface area (TPSA) is 85.5 Å². The van der Waals surface area contributed by atoms with E-state index in [4.69, 9.17) is 44.0 Å². The fourth-order valence-electron chi connectivity index (χ4n) is 18.7. The molecule has 0 amide bonds. The quantitative estimate of drug-likeness (QED) is 0.112. The number of rotatable bonds is 8. The van der Waals surface area contributed by atoms with Crippen molar-refractivity contribution in [1.82, 2.24) is 0 Å². The van der Waals surface area contributed by atoms with Crippen LogP contribution in [-0.2, 0) is 28.2 Å². The fourth-order valence-corrected chi connectivity index (χ4v) is 18.7. The number of hydrogen-bond donors (Lipinski definition) is 0. The third-order valence-electron chi connectivity index (χ3n) is 24.8. The minimum absolute atomic E-state index is 0.606. The van der Waals surface area contributed by atoms with E-state index in [1.54, 1.807) is 0 Å². The summed E-state index contributed by atoms with van der Waals surface area (Å²) in [5.74, 6) is 0. The molecule has 0 unspecified atom stereocenters. The molecule has 8 aromatic heterocycles. The molecule has 0 fully saturated rings. The number of furan rings is 4. The summed E-state index contributed by atoms with van der Waals surface area (Å²) in [5.41, 5.74) is 41.0. The van der Waals surface area contributed by atoms with Crippen LogP contribution in [0.2, 0.25) is 0 Å². The van der Waals surface area contributed by atoms with Crippen molar-refractivity contribution in [1.29, 1.82) is 0 Å². The Morgan fingerprint density at radius 2 is 0.584 bits per heavy atom. The van der Waals surface area contributed by atoms with Crippen molar-refractivity contribution in [3.8, 4) is 89.5 Å². The molecule has 12 heteroatoms. The Morgan fingerprint density at radius 3 is 0.944 bits per heavy atom. The van der Waals surface area contributed by atoms with Gasteiger partial charge in [0.1, 0.15) is 72.9 Å². The number of aryl methyl sites for hydroxylation is 15. The van der Waals surface area contributed by atoms with E-state index in [0.29, 0.717) is 22.7 Å². The number of hydrogen-bond acceptors (Lipinski definition) is 4. The monoisotopic (exact) mass is 1630 g/mol. The summed E-state index contributed by atoms with van der Waals surface area (Å²) in [4.78, 5) is 15.2. The molecule has 0 aliphatic carbocycles. The highest BCUT2D eigenvalue weighted by Crippen LogP contribution is 2.52. The van der Waals surface area contributed by atoms with Gasteiger partial charge in [-0.25, -0.2) is 33.1 Å². The Bertz CT molecular complexity index is 7830. The highest BCUT2D eigenvalue weighted by molar-refractivity contribution is 6.21. The van der Waals surface area contributed by atoms with Gasteiger partial charge in [-0.3, -0.25) is 0 Å². The van der Waals surface area contributed by atoms with E-state index in [1.165, 1.54) is 78.1 Å². The third kappa shape index (κ3) is 14.3. The Balaban J connectivity index is 0.000000118. The van der Waals surface area contributed by atoms with Gasteiger partial charge in [-0.2, -0.15) is 4.57 Å². The molecule has 8 heterocycles. The average molecular weight is 1630 g/mol. The molecule has 0 N–H and O–H groups in total. The van der Waals surface area contributed by atoms with Gasteiger partial charge in [-0.1, -0.05) is 194 Å². The average Bonchev–Trinajstić information content (AvgIpc) is 1.59. The summed E-state index contributed by atoms with van der Waals surface area (Å²) in [6.07, 6.45) is 6.33. The summed E-state index contributed by atoms with van der Waals surface area (Å²) >= 11 is 0. The van der Waals surface area contributed by atoms with Gasteiger partial charge >= 0.3 is 0 Å². The maximum Gasteiger partial charge on any atom is 0.219 e. The van der Waals surface area contributed by atoms with Gasteiger partial charge < -0.3 is 17.7 Å². The predicted octanol–water partition coefficient (Wildman–Crippen LogP) is 29.2. The second-order valence-electron chi connectivity index (χ2n) is 33.1. The summed E-state index contributed by atoms with van der Waals surface area (Å²) < 4.78 is 35.4. The van der Waals surface area contributed by atoms with Crippen molar-refractivity contribution < 1.29 is 35.9 Å². The van der Waals surface area contributed by atoms with Crippen molar-refractivity contribution in [3.05, 3.63) is 379 Å². The zero-order valence-electron chi connectivity index (χ0n) is 73.5. The van der Waals surface area contributed by atoms with Crippen molar-refractivity contribution >= 4 is 111 Å². The SMILES string of the molecule is [C-]#[N+]c1ccc2c(oc3c(-c4c(C)c(C)cc[n+]4C)c(C)cc(C)c32)c1-c1ccccc1.[C-]#[N+]c1ccc2c(oc3c(-c4cc(C)cc[n+]4C)c(C)cc(C)c32)c1-c1ccccc1.[C-]#[N+]c1ccc2c(oc3c(-c4ccc(C)c[n+]4C)c(C)cc(C)c32)c1-c1ccccc1.[C-]#[N+]c1ccc2c(oc3c(-c4cccc(C)[n+]4C)c(C)cc(C)c32)c1-c1ccccc1. The molecular formula is C113H94N8O4+4. The van der Waals surface area contributed by atoms with Crippen LogP contribution in [0.25, 0.3) is 197 Å². The molecule has 0 spiro atoms. The Labute approximate surface area is 729 Å². The second-order valence-corrected chi connectivity index (χ2v) is 33.1. The van der Waals surface area contributed by atoms with Crippen LogP contribution in [0.4, 0.5) is 22.7 Å². The Kier molecular flexibility index (Phi) is 21.6. The first-order chi connectivity index (χ1) is 60.4. The lowest BCUT2D eigenvalue weighted by atomic mass is 9.93. The highest BCUT2D eigenvalue weighted by Gasteiger charge is 2.32. The molecule has 0 saturated carbocycles. The highest BCUT2D eigenvalue weighted by atomic mass is 16.3. The number of benzene rings is 12. The van der Waals surface area contributed by atoms with Crippen LogP contribution in [0, 0.1) is 116 Å². The normalized spacial score (nSPS) is 11.2. The maximum absolute atomic E-state index is 7.76. The van der Waals surface area contributed by atoms with Gasteiger partial charge in [0.15, 0.2) is 47.0 Å². The molecule has 0 atom stereocenters. The smallest absolute Gasteiger partial charge is 0.219 e. The number of pyridine rings is 4. The summed E-state index contributed by atoms with van der Waals surface area (Å²) in [6, 6.07) is 82.1. The third-order valence-corrected chi connectivity index (χ3v) is 24.8. The van der Waals surface area contributed by atoms with Crippen LogP contribution in [0.15, 0.2) is 279 Å². The maximum atomic E-state index is 7.76. The van der Waals surface area contributed by atoms with Gasteiger partial charge in [0, 0.05) is 120 Å². The van der Waals surface area contributed by atoms with E-state index in [9.17, 15) is 0 Å². The summed E-state index contributed by atoms with van der Waals surface area (Å²) in [7, 11) is 8.31. The number of aromatic nitrogens is 4. The van der Waals surface area contributed by atoms with E-state index in [2.05, 4.69) is 247 Å². The lowest BCUT2D eigenvalue weighted by Gasteiger charge is -2.11. The minimum Gasteiger partial charge on any atom is -0.456 e. The van der Waals surface area contributed by atoms with E-state index in [1.807, 2.05) is 170 Å². The lowest BCUT2D eigenvalue weighted by Crippen LogP contribution is -2.34. The predicted molar refractivity (Wildman–Crippen MR) is 510 cm³/mol. The van der Waals surface area contributed by atoms with Crippen LogP contribution in [0.3, 0.4) is 0 Å². The first kappa shape index (κ1) is 81.7. The molecule has 20 aromatic rings. The molecule has 0 bridgehead atoms. The van der Waals surface area contributed by atoms with Crippen LogP contribution >= 0.6 is 0 Å². The van der Waals surface area contributed by atoms with E-state index < -0.39 is 0 Å². The molecule has 0 aliphatic heterocycles. The van der Waals surface area contributed by atoms with Crippen molar-refractivity contribution in [2.45, 2.75) is 90.0 Å². The number of fused-ring (bicyclic) bond motifs is 12. The fraction of sp³-hybridized carbons (Fsp3) is 0.150. The standard InChI is InChI=1S/C29H25N2O.3C28H23N2O/c1-17-14-15-31(6)27(20(17)4)25-19(3)16-18(2)24-22-12-13-23(30-5)26(28(22)32-29(24)25)21-10-8-7-9-11-21;1-17-16-18(2)25(23-13-9-10-19(3)30(23)5)28-24(17)21-14-15-22(29-4)26(27(21)31-28)20-11-7-6-8-12-20;1-17-11-14-23(30(5)16-17)25-19(3)15-18(2)24-21-12-13-22(29-4)26(27(21)31-28(24)25)20-9-7-6-8-10-20;1-17-13-14-30(5)23(15-17)25-19(3)16-18(2)24-21-11-12-22(29-4)26(27(21)31-28(24)25)20-9-7-6-8-10-20/h7-16H,1-4,6H3;3*6-16H,1-3,5H3/q4*+1. The molecule has 125 heavy (non-hydrogen) atoms. The van der Waals surface area contributed by atoms with Crippen molar-refractivity contribution in [3.63, 3.8) is 0 Å². The number of nitrogens with zero attached hydrogens (tertiary/aromatic N) is 8. The van der Waals surface area contributed by atoms with Crippen LogP contribution in [-0.4, -0.2) is 0 Å². The largest absolute Gasteiger partial charge is 0.456 e. The van der Waals surface area contributed by atoms with E-state index in [-0.39, 0.29) is 0 Å². The Morgan fingerprint density at radius 1 is 0.248 bits per heavy atom. The molecule has 12 aromatic carbocycles. The first-order valence-electron chi connectivity index (χ1n) is 42.0. The molecule has 606 valence electrons. The first-order valence-corrected chi connectivity index (χ1v) is 42.0. The van der Waals surface area contributed by atoms with Crippen molar-refractivity contribution in [2.75, 3.05) is 0 Å². The van der Waals surface area contributed by atoms with Crippen LogP contribution < -0.4 is 18.3 Å². The van der Waals surface area contributed by atoms with Gasteiger partial charge in [-0.05, 0) is 173 Å². The van der Waals surface area contributed by atoms with Gasteiger partial charge in [0.25, 0.3) is 0 Å². The van der Waals surface area contributed by atoms with Gasteiger partial charge in [0.05, 0.1) is 48.5 Å². The zero-order chi connectivity index (χ0) is 87.7. The molecular weight excluding hydrogens is 1530 g/mol. The van der Waals surface area contributed by atoms with Gasteiger partial charge in [0.2, 0.25) is 22.8 Å². The van der Waals surface area contributed by atoms with Crippen molar-refractivity contribution in [2.24, 2.45) is 28.2 Å². The van der Waals surface area contributed by atoms with E-state index in [0.717, 1.165) is 172 Å². The van der Waals surface area contributed by atoms with Crippen LogP contribution in [0.1, 0.15) is 72.5 Å². The summed E-state index contributed by atoms with van der Waals surface area (Å²) in [5, 5.41) is 8.68. The molecule has 0 radical (unpaired) electrons. The molecule has 0 saturated heterocycles. The van der Waals surface area contributed by atoms with Crippen LogP contribution in [0.5, 0.6) is 0 Å². The second kappa shape index (κ2) is 33.1. The minimum atomic E-state index is 0.606. The zero-order valence-corrected chi connectivity index (χ0v) is 73.5. The lowest BCUT2D eigenvalue weighted by molar-refractivity contribution is -0.666. The summed E-state index contributed by atoms with van der Waals surface area (Å²) in [6.45, 7) is 58.7. The molecule has 0 aliphatic rings. The van der Waals surface area contributed by atoms with E-state index >= 15 is 0 Å². The molecule has 12 nitrogen and oxygen atoms in total. The Hall–Kier alpha value is -15.6.